The molecule has 24 heavy (non-hydrogen) atoms. The second-order valence-electron chi connectivity index (χ2n) is 7.64. The normalized spacial score (nSPS) is 27.8. The van der Waals surface area contributed by atoms with Gasteiger partial charge < -0.3 is 9.64 Å². The van der Waals surface area contributed by atoms with Crippen LogP contribution in [-0.2, 0) is 14.8 Å². The smallest absolute Gasteiger partial charge is 0.214 e. The lowest BCUT2D eigenvalue weighted by atomic mass is 9.81. The van der Waals surface area contributed by atoms with Gasteiger partial charge in [-0.3, -0.25) is 0 Å². The number of nitrogens with one attached hydrogen (secondary N) is 1. The third kappa shape index (κ3) is 5.97. The molecule has 1 saturated carbocycles. The fourth-order valence-corrected chi connectivity index (χ4v) is 4.76. The third-order valence-corrected chi connectivity index (χ3v) is 7.86. The summed E-state index contributed by atoms with van der Waals surface area (Å²) in [7, 11) is -3.17. The van der Waals surface area contributed by atoms with Crippen molar-refractivity contribution in [3.8, 4) is 0 Å². The van der Waals surface area contributed by atoms with Crippen LogP contribution in [0.1, 0.15) is 59.3 Å². The van der Waals surface area contributed by atoms with Crippen molar-refractivity contribution in [2.45, 2.75) is 70.7 Å². The average Bonchev–Trinajstić information content (AvgIpc) is 2.55. The number of likely N-dealkylation sites (tertiary alicyclic amines) is 1. The topological polar surface area (TPSA) is 58.6 Å². The first-order valence-corrected chi connectivity index (χ1v) is 11.3. The van der Waals surface area contributed by atoms with Crippen LogP contribution in [0.5, 0.6) is 0 Å². The standard InChI is InChI=1S/C18H36N2O3S/c1-4-15(3)24(21,22)19-8-11-23-18-12-17(13-18)14-20-9-6-16(5-2)7-10-20/h15-19H,4-14H2,1-3H3. The first kappa shape index (κ1) is 20.1. The van der Waals surface area contributed by atoms with E-state index in [0.29, 0.717) is 25.7 Å². The molecule has 0 amide bonds. The van der Waals surface area contributed by atoms with Gasteiger partial charge in [-0.15, -0.1) is 0 Å². The summed E-state index contributed by atoms with van der Waals surface area (Å²) in [5, 5.41) is -0.331. The van der Waals surface area contributed by atoms with Crippen molar-refractivity contribution in [1.29, 1.82) is 0 Å². The van der Waals surface area contributed by atoms with E-state index in [9.17, 15) is 8.42 Å². The number of piperidine rings is 1. The van der Waals surface area contributed by atoms with Gasteiger partial charge in [0.05, 0.1) is 18.0 Å². The zero-order valence-corrected chi connectivity index (χ0v) is 16.5. The number of ether oxygens (including phenoxy) is 1. The number of nitrogens with zero attached hydrogens (tertiary/aromatic N) is 1. The van der Waals surface area contributed by atoms with Crippen LogP contribution in [0.25, 0.3) is 0 Å². The van der Waals surface area contributed by atoms with Crippen molar-refractivity contribution >= 4 is 10.0 Å². The Bertz CT molecular complexity index is 455. The van der Waals surface area contributed by atoms with E-state index in [1.54, 1.807) is 6.92 Å². The van der Waals surface area contributed by atoms with E-state index >= 15 is 0 Å². The van der Waals surface area contributed by atoms with E-state index in [1.807, 2.05) is 6.92 Å². The quantitative estimate of drug-likeness (QED) is 0.609. The summed E-state index contributed by atoms with van der Waals surface area (Å²) in [4.78, 5) is 2.62. The Morgan fingerprint density at radius 1 is 1.17 bits per heavy atom. The van der Waals surface area contributed by atoms with Gasteiger partial charge in [0.25, 0.3) is 0 Å². The monoisotopic (exact) mass is 360 g/mol. The summed E-state index contributed by atoms with van der Waals surface area (Å²) in [6, 6.07) is 0. The van der Waals surface area contributed by atoms with Crippen LogP contribution in [0.4, 0.5) is 0 Å². The zero-order valence-electron chi connectivity index (χ0n) is 15.7. The summed E-state index contributed by atoms with van der Waals surface area (Å²) < 4.78 is 32.1. The second-order valence-corrected chi connectivity index (χ2v) is 9.82. The molecule has 2 fully saturated rings. The molecule has 1 aliphatic heterocycles. The van der Waals surface area contributed by atoms with E-state index < -0.39 is 10.0 Å². The van der Waals surface area contributed by atoms with Gasteiger partial charge in [-0.05, 0) is 64.0 Å². The lowest BCUT2D eigenvalue weighted by Gasteiger charge is -2.40. The van der Waals surface area contributed by atoms with Gasteiger partial charge in [-0.1, -0.05) is 20.3 Å². The Labute approximate surface area is 148 Å². The highest BCUT2D eigenvalue weighted by atomic mass is 32.2. The van der Waals surface area contributed by atoms with Crippen LogP contribution in [0.3, 0.4) is 0 Å². The van der Waals surface area contributed by atoms with Gasteiger partial charge in [0.1, 0.15) is 0 Å². The predicted octanol–water partition coefficient (Wildman–Crippen LogP) is 2.62. The van der Waals surface area contributed by atoms with Gasteiger partial charge in [0, 0.05) is 13.1 Å². The molecular weight excluding hydrogens is 324 g/mol. The van der Waals surface area contributed by atoms with Crippen LogP contribution in [0, 0.1) is 11.8 Å². The molecule has 1 saturated heterocycles. The lowest BCUT2D eigenvalue weighted by molar-refractivity contribution is -0.0386. The summed E-state index contributed by atoms with van der Waals surface area (Å²) >= 11 is 0. The molecule has 5 nitrogen and oxygen atoms in total. The van der Waals surface area contributed by atoms with Crippen LogP contribution < -0.4 is 4.72 Å². The minimum atomic E-state index is -3.17. The molecule has 0 radical (unpaired) electrons. The van der Waals surface area contributed by atoms with Gasteiger partial charge >= 0.3 is 0 Å². The van der Waals surface area contributed by atoms with Gasteiger partial charge in [-0.2, -0.15) is 0 Å². The molecule has 1 heterocycles. The number of hydrogen-bond donors (Lipinski definition) is 1. The van der Waals surface area contributed by atoms with Crippen molar-refractivity contribution in [3.05, 3.63) is 0 Å². The highest BCUT2D eigenvalue weighted by Crippen LogP contribution is 2.32. The van der Waals surface area contributed by atoms with Crippen molar-refractivity contribution in [3.63, 3.8) is 0 Å². The molecule has 2 rings (SSSR count). The van der Waals surface area contributed by atoms with E-state index in [4.69, 9.17) is 4.74 Å². The molecule has 0 spiro atoms. The largest absolute Gasteiger partial charge is 0.377 e. The van der Waals surface area contributed by atoms with E-state index in [2.05, 4.69) is 16.5 Å². The molecular formula is C18H36N2O3S. The Morgan fingerprint density at radius 2 is 1.83 bits per heavy atom. The van der Waals surface area contributed by atoms with E-state index in [-0.39, 0.29) is 5.25 Å². The summed E-state index contributed by atoms with van der Waals surface area (Å²) in [6.45, 7) is 10.5. The van der Waals surface area contributed by atoms with Crippen molar-refractivity contribution < 1.29 is 13.2 Å². The number of sulfonamides is 1. The SMILES string of the molecule is CCC1CCN(CC2CC(OCCNS(=O)(=O)C(C)CC)C2)CC1. The molecule has 1 atom stereocenters. The average molecular weight is 361 g/mol. The van der Waals surface area contributed by atoms with Gasteiger partial charge in [0.15, 0.2) is 0 Å². The molecule has 0 aromatic carbocycles. The van der Waals surface area contributed by atoms with Crippen LogP contribution in [0.2, 0.25) is 0 Å². The van der Waals surface area contributed by atoms with Gasteiger partial charge in [-0.25, -0.2) is 13.1 Å². The maximum atomic E-state index is 11.8. The number of hydrogen-bond acceptors (Lipinski definition) is 4. The Kier molecular flexibility index (Phi) is 7.98. The first-order chi connectivity index (χ1) is 11.4. The summed E-state index contributed by atoms with van der Waals surface area (Å²) in [6.07, 6.45) is 7.27. The minimum Gasteiger partial charge on any atom is -0.377 e. The molecule has 1 unspecified atom stereocenters. The molecule has 1 aliphatic carbocycles. The molecule has 6 heteroatoms. The third-order valence-electron chi connectivity index (χ3n) is 5.86. The molecule has 1 N–H and O–H groups in total. The molecule has 2 aliphatic rings. The van der Waals surface area contributed by atoms with Crippen LogP contribution in [0.15, 0.2) is 0 Å². The zero-order chi connectivity index (χ0) is 17.6. The van der Waals surface area contributed by atoms with E-state index in [0.717, 1.165) is 24.7 Å². The molecule has 0 aromatic rings. The van der Waals surface area contributed by atoms with Crippen molar-refractivity contribution in [1.82, 2.24) is 9.62 Å². The molecule has 0 bridgehead atoms. The van der Waals surface area contributed by atoms with Crippen molar-refractivity contribution in [2.75, 3.05) is 32.8 Å². The Morgan fingerprint density at radius 3 is 2.42 bits per heavy atom. The maximum Gasteiger partial charge on any atom is 0.214 e. The first-order valence-electron chi connectivity index (χ1n) is 9.77. The fourth-order valence-electron chi connectivity index (χ4n) is 3.67. The maximum absolute atomic E-state index is 11.8. The number of rotatable bonds is 10. The Balaban J connectivity index is 1.51. The summed E-state index contributed by atoms with van der Waals surface area (Å²) in [5.74, 6) is 1.71. The van der Waals surface area contributed by atoms with Crippen LogP contribution in [-0.4, -0.2) is 57.5 Å². The van der Waals surface area contributed by atoms with Crippen LogP contribution >= 0.6 is 0 Å². The molecule has 142 valence electrons. The predicted molar refractivity (Wildman–Crippen MR) is 98.6 cm³/mol. The lowest BCUT2D eigenvalue weighted by Crippen LogP contribution is -2.43. The highest BCUT2D eigenvalue weighted by molar-refractivity contribution is 7.90. The molecule has 0 aromatic heterocycles. The van der Waals surface area contributed by atoms with E-state index in [1.165, 1.54) is 38.9 Å². The second kappa shape index (κ2) is 9.51. The van der Waals surface area contributed by atoms with Gasteiger partial charge in [0.2, 0.25) is 10.0 Å². The van der Waals surface area contributed by atoms with Crippen molar-refractivity contribution in [2.24, 2.45) is 11.8 Å². The Hall–Kier alpha value is -0.170. The highest BCUT2D eigenvalue weighted by Gasteiger charge is 2.32. The minimum absolute atomic E-state index is 0.330. The summed E-state index contributed by atoms with van der Waals surface area (Å²) in [5.41, 5.74) is 0. The fraction of sp³-hybridized carbons (Fsp3) is 1.00.